The first-order valence-electron chi connectivity index (χ1n) is 9.08. The minimum atomic E-state index is -1.35. The lowest BCUT2D eigenvalue weighted by Gasteiger charge is -2.39. The van der Waals surface area contributed by atoms with Gasteiger partial charge in [0, 0.05) is 25.3 Å². The van der Waals surface area contributed by atoms with Gasteiger partial charge in [-0.05, 0) is 23.6 Å². The molecule has 0 aromatic heterocycles. The van der Waals surface area contributed by atoms with Crippen molar-refractivity contribution in [3.63, 3.8) is 0 Å². The van der Waals surface area contributed by atoms with Gasteiger partial charge in [0.1, 0.15) is 17.2 Å². The van der Waals surface area contributed by atoms with Gasteiger partial charge in [0.05, 0.1) is 37.8 Å². The molecule has 0 fully saturated rings. The summed E-state index contributed by atoms with van der Waals surface area (Å²) in [6.07, 6.45) is 0. The molecule has 0 atom stereocenters. The predicted molar refractivity (Wildman–Crippen MR) is 108 cm³/mol. The smallest absolute Gasteiger partial charge is 0.227 e. The van der Waals surface area contributed by atoms with Crippen LogP contribution in [0.2, 0.25) is 0 Å². The van der Waals surface area contributed by atoms with Gasteiger partial charge >= 0.3 is 0 Å². The number of fused-ring (bicyclic) bond motifs is 3. The summed E-state index contributed by atoms with van der Waals surface area (Å²) < 4.78 is 28.7. The van der Waals surface area contributed by atoms with E-state index in [1.165, 1.54) is 21.3 Å². The topological polar surface area (TPSA) is 63.2 Å². The Labute approximate surface area is 168 Å². The van der Waals surface area contributed by atoms with Crippen LogP contribution in [0.5, 0.6) is 17.2 Å². The summed E-state index contributed by atoms with van der Waals surface area (Å²) in [5.74, 6) is 0.0298. The van der Waals surface area contributed by atoms with Crippen molar-refractivity contribution in [1.82, 2.24) is 0 Å². The van der Waals surface area contributed by atoms with Gasteiger partial charge in [-0.25, -0.2) is 0 Å². The van der Waals surface area contributed by atoms with E-state index in [0.717, 1.165) is 10.8 Å². The highest BCUT2D eigenvalue weighted by Gasteiger charge is 2.49. The monoisotopic (exact) mass is 394 g/mol. The zero-order valence-electron chi connectivity index (χ0n) is 17.0. The van der Waals surface area contributed by atoms with Crippen LogP contribution in [0.15, 0.2) is 42.5 Å². The average Bonchev–Trinajstić information content (AvgIpc) is 2.77. The van der Waals surface area contributed by atoms with Crippen LogP contribution < -0.4 is 14.2 Å². The van der Waals surface area contributed by atoms with E-state index in [0.29, 0.717) is 39.5 Å². The summed E-state index contributed by atoms with van der Waals surface area (Å²) in [5, 5.41) is 1.56. The summed E-state index contributed by atoms with van der Waals surface area (Å²) >= 11 is 0. The molecule has 4 rings (SSSR count). The van der Waals surface area contributed by atoms with Gasteiger partial charge < -0.3 is 23.7 Å². The van der Waals surface area contributed by atoms with Gasteiger partial charge in [-0.3, -0.25) is 4.79 Å². The van der Waals surface area contributed by atoms with Crippen LogP contribution in [-0.4, -0.2) is 41.3 Å². The zero-order valence-corrected chi connectivity index (χ0v) is 17.0. The number of hydrogen-bond donors (Lipinski definition) is 0. The van der Waals surface area contributed by atoms with Crippen molar-refractivity contribution in [2.45, 2.75) is 5.79 Å². The molecule has 0 saturated carbocycles. The molecule has 150 valence electrons. The molecule has 6 heteroatoms. The maximum Gasteiger partial charge on any atom is 0.227 e. The van der Waals surface area contributed by atoms with Gasteiger partial charge in [0.2, 0.25) is 5.79 Å². The fraction of sp³-hybridized carbons (Fsp3) is 0.261. The Morgan fingerprint density at radius 2 is 1.45 bits per heavy atom. The Bertz CT molecular complexity index is 1110. The summed E-state index contributed by atoms with van der Waals surface area (Å²) in [6.45, 7) is 0. The number of hydrogen-bond acceptors (Lipinski definition) is 6. The Kier molecular flexibility index (Phi) is 4.68. The second kappa shape index (κ2) is 7.06. The van der Waals surface area contributed by atoms with Crippen molar-refractivity contribution in [2.75, 3.05) is 35.5 Å². The molecule has 6 nitrogen and oxygen atoms in total. The standard InChI is InChI=1S/C23H22O6/c1-25-16-10-6-8-13-12-14-20(22(27-3)18(13)16)23(28-4,29-5)15-9-7-11-17(26-2)19(15)21(14)24/h6-12H,1-5H3. The molecule has 0 heterocycles. The third-order valence-electron chi connectivity index (χ3n) is 5.48. The van der Waals surface area contributed by atoms with Gasteiger partial charge in [0.25, 0.3) is 0 Å². The summed E-state index contributed by atoms with van der Waals surface area (Å²) in [5.41, 5.74) is 1.92. The van der Waals surface area contributed by atoms with E-state index in [9.17, 15) is 4.79 Å². The molecule has 0 spiro atoms. The molecular weight excluding hydrogens is 372 g/mol. The van der Waals surface area contributed by atoms with Crippen molar-refractivity contribution in [3.8, 4) is 17.2 Å². The highest BCUT2D eigenvalue weighted by Crippen LogP contribution is 2.52. The number of rotatable bonds is 5. The largest absolute Gasteiger partial charge is 0.496 e. The lowest BCUT2D eigenvalue weighted by molar-refractivity contribution is -0.185. The SMILES string of the molecule is COc1cccc2c1C(=O)c1cc3cccc(OC)c3c(OC)c1C2(OC)OC. The quantitative estimate of drug-likeness (QED) is 0.612. The molecule has 3 aromatic rings. The molecule has 0 aliphatic heterocycles. The molecule has 0 bridgehead atoms. The molecule has 1 aliphatic carbocycles. The van der Waals surface area contributed by atoms with Crippen LogP contribution in [0.1, 0.15) is 27.0 Å². The normalized spacial score (nSPS) is 14.3. The van der Waals surface area contributed by atoms with Crippen LogP contribution >= 0.6 is 0 Å². The fourth-order valence-corrected chi connectivity index (χ4v) is 4.25. The third kappa shape index (κ3) is 2.46. The van der Waals surface area contributed by atoms with Crippen LogP contribution in [-0.2, 0) is 15.3 Å². The molecular formula is C23H22O6. The zero-order chi connectivity index (χ0) is 20.8. The lowest BCUT2D eigenvalue weighted by atomic mass is 9.78. The summed E-state index contributed by atoms with van der Waals surface area (Å²) in [4.78, 5) is 13.6. The van der Waals surface area contributed by atoms with Crippen LogP contribution in [0.4, 0.5) is 0 Å². The van der Waals surface area contributed by atoms with Crippen LogP contribution in [0.25, 0.3) is 10.8 Å². The number of methoxy groups -OCH3 is 5. The van der Waals surface area contributed by atoms with E-state index in [1.807, 2.05) is 24.3 Å². The number of ether oxygens (including phenoxy) is 5. The van der Waals surface area contributed by atoms with Crippen LogP contribution in [0, 0.1) is 0 Å². The number of carbonyl (C=O) groups excluding carboxylic acids is 1. The van der Waals surface area contributed by atoms with Crippen molar-refractivity contribution in [2.24, 2.45) is 0 Å². The van der Waals surface area contributed by atoms with Gasteiger partial charge in [-0.2, -0.15) is 0 Å². The van der Waals surface area contributed by atoms with E-state index in [-0.39, 0.29) is 5.78 Å². The number of ketones is 1. The average molecular weight is 394 g/mol. The number of carbonyl (C=O) groups is 1. The minimum Gasteiger partial charge on any atom is -0.496 e. The minimum absolute atomic E-state index is 0.180. The van der Waals surface area contributed by atoms with E-state index < -0.39 is 5.79 Å². The lowest BCUT2D eigenvalue weighted by Crippen LogP contribution is -2.39. The van der Waals surface area contributed by atoms with Crippen LogP contribution in [0.3, 0.4) is 0 Å². The van der Waals surface area contributed by atoms with Gasteiger partial charge in [-0.15, -0.1) is 0 Å². The third-order valence-corrected chi connectivity index (χ3v) is 5.48. The molecule has 1 aliphatic rings. The van der Waals surface area contributed by atoms with E-state index in [2.05, 4.69) is 0 Å². The molecule has 29 heavy (non-hydrogen) atoms. The first-order chi connectivity index (χ1) is 14.1. The van der Waals surface area contributed by atoms with E-state index in [4.69, 9.17) is 23.7 Å². The Balaban J connectivity index is 2.22. The first kappa shape index (κ1) is 19.2. The Hall–Kier alpha value is -3.09. The second-order valence-corrected chi connectivity index (χ2v) is 6.63. The maximum atomic E-state index is 13.6. The fourth-order valence-electron chi connectivity index (χ4n) is 4.25. The first-order valence-corrected chi connectivity index (χ1v) is 9.08. The van der Waals surface area contributed by atoms with Crippen molar-refractivity contribution >= 4 is 16.6 Å². The van der Waals surface area contributed by atoms with Crippen molar-refractivity contribution < 1.29 is 28.5 Å². The number of benzene rings is 3. The molecule has 0 amide bonds. The van der Waals surface area contributed by atoms with Gasteiger partial charge in [0.15, 0.2) is 5.78 Å². The molecule has 0 radical (unpaired) electrons. The molecule has 0 saturated heterocycles. The molecule has 0 unspecified atom stereocenters. The van der Waals surface area contributed by atoms with E-state index in [1.54, 1.807) is 32.4 Å². The second-order valence-electron chi connectivity index (χ2n) is 6.63. The maximum absolute atomic E-state index is 13.6. The van der Waals surface area contributed by atoms with Crippen molar-refractivity contribution in [3.05, 3.63) is 64.7 Å². The highest BCUT2D eigenvalue weighted by molar-refractivity contribution is 6.17. The van der Waals surface area contributed by atoms with Crippen molar-refractivity contribution in [1.29, 1.82) is 0 Å². The highest BCUT2D eigenvalue weighted by atomic mass is 16.7. The predicted octanol–water partition coefficient (Wildman–Crippen LogP) is 3.90. The Morgan fingerprint density at radius 3 is 2.07 bits per heavy atom. The Morgan fingerprint density at radius 1 is 0.793 bits per heavy atom. The van der Waals surface area contributed by atoms with Gasteiger partial charge in [-0.1, -0.05) is 24.3 Å². The van der Waals surface area contributed by atoms with E-state index >= 15 is 0 Å². The summed E-state index contributed by atoms with van der Waals surface area (Å²) in [6, 6.07) is 12.8. The summed E-state index contributed by atoms with van der Waals surface area (Å²) in [7, 11) is 7.77. The molecule has 3 aromatic carbocycles. The molecule has 0 N–H and O–H groups in total.